The first kappa shape index (κ1) is 14.6. The average molecular weight is 279 g/mol. The maximum atomic E-state index is 10.9. The van der Waals surface area contributed by atoms with E-state index in [0.717, 1.165) is 31.6 Å². The average Bonchev–Trinajstić information content (AvgIpc) is 2.46. The Morgan fingerprint density at radius 2 is 2.10 bits per heavy atom. The first-order valence-corrected chi connectivity index (χ1v) is 6.86. The van der Waals surface area contributed by atoms with Gasteiger partial charge in [0.05, 0.1) is 12.0 Å². The van der Waals surface area contributed by atoms with Crippen LogP contribution in [0.2, 0.25) is 0 Å². The molecule has 110 valence electrons. The number of methoxy groups -OCH3 is 1. The number of hydrogen-bond acceptors (Lipinski definition) is 5. The van der Waals surface area contributed by atoms with Crippen LogP contribution in [0.5, 0.6) is 5.75 Å². The molecule has 0 aromatic heterocycles. The normalized spacial score (nSPS) is 17.9. The highest BCUT2D eigenvalue weighted by Crippen LogP contribution is 2.33. The summed E-state index contributed by atoms with van der Waals surface area (Å²) in [5, 5.41) is 10.9. The van der Waals surface area contributed by atoms with Crippen molar-refractivity contribution in [2.75, 3.05) is 25.1 Å². The first-order valence-electron chi connectivity index (χ1n) is 6.86. The molecular formula is C14H21N3O3. The number of nitrogens with two attached hydrogens (primary N) is 1. The van der Waals surface area contributed by atoms with Crippen LogP contribution in [0, 0.1) is 16.0 Å². The smallest absolute Gasteiger partial charge is 0.311 e. The van der Waals surface area contributed by atoms with Gasteiger partial charge in [-0.25, -0.2) is 0 Å². The largest absolute Gasteiger partial charge is 0.490 e. The molecule has 2 N–H and O–H groups in total. The summed E-state index contributed by atoms with van der Waals surface area (Å²) >= 11 is 0. The van der Waals surface area contributed by atoms with Gasteiger partial charge in [-0.1, -0.05) is 0 Å². The van der Waals surface area contributed by atoms with Gasteiger partial charge >= 0.3 is 5.69 Å². The van der Waals surface area contributed by atoms with Crippen LogP contribution in [0.1, 0.15) is 19.8 Å². The fourth-order valence-corrected chi connectivity index (χ4v) is 2.70. The Morgan fingerprint density at radius 3 is 2.60 bits per heavy atom. The third-order valence-corrected chi connectivity index (χ3v) is 4.01. The van der Waals surface area contributed by atoms with E-state index in [-0.39, 0.29) is 11.7 Å². The monoisotopic (exact) mass is 279 g/mol. The quantitative estimate of drug-likeness (QED) is 0.674. The molecule has 0 saturated carbocycles. The van der Waals surface area contributed by atoms with Crippen LogP contribution in [0.25, 0.3) is 0 Å². The molecule has 1 aromatic carbocycles. The molecule has 0 amide bonds. The number of ether oxygens (including phenoxy) is 1. The lowest BCUT2D eigenvalue weighted by Crippen LogP contribution is -2.39. The Morgan fingerprint density at radius 1 is 1.45 bits per heavy atom. The highest BCUT2D eigenvalue weighted by atomic mass is 16.6. The predicted molar refractivity (Wildman–Crippen MR) is 78.2 cm³/mol. The lowest BCUT2D eigenvalue weighted by molar-refractivity contribution is -0.385. The summed E-state index contributed by atoms with van der Waals surface area (Å²) in [6.45, 7) is 3.90. The summed E-state index contributed by atoms with van der Waals surface area (Å²) in [7, 11) is 1.45. The van der Waals surface area contributed by atoms with Gasteiger partial charge in [-0.15, -0.1) is 0 Å². The fourth-order valence-electron chi connectivity index (χ4n) is 2.70. The second-order valence-corrected chi connectivity index (χ2v) is 5.30. The lowest BCUT2D eigenvalue weighted by Gasteiger charge is -2.35. The molecule has 0 bridgehead atoms. The molecular weight excluding hydrogens is 258 g/mol. The lowest BCUT2D eigenvalue weighted by atomic mass is 9.91. The number of nitrogens with zero attached hydrogens (tertiary/aromatic N) is 2. The van der Waals surface area contributed by atoms with Gasteiger partial charge in [0.15, 0.2) is 5.75 Å². The van der Waals surface area contributed by atoms with Crippen LogP contribution < -0.4 is 15.4 Å². The van der Waals surface area contributed by atoms with Crippen molar-refractivity contribution >= 4 is 11.4 Å². The fraction of sp³-hybridized carbons (Fsp3) is 0.571. The Hall–Kier alpha value is -1.82. The van der Waals surface area contributed by atoms with Gasteiger partial charge in [0.2, 0.25) is 0 Å². The highest BCUT2D eigenvalue weighted by Gasteiger charge is 2.23. The molecule has 1 atom stereocenters. The summed E-state index contributed by atoms with van der Waals surface area (Å²) in [5.41, 5.74) is 6.91. The Bertz CT molecular complexity index is 483. The van der Waals surface area contributed by atoms with Crippen LogP contribution in [0.3, 0.4) is 0 Å². The third kappa shape index (κ3) is 3.01. The van der Waals surface area contributed by atoms with Crippen molar-refractivity contribution in [3.63, 3.8) is 0 Å². The van der Waals surface area contributed by atoms with E-state index in [1.807, 2.05) is 0 Å². The molecule has 0 spiro atoms. The van der Waals surface area contributed by atoms with E-state index in [1.165, 1.54) is 13.2 Å². The molecule has 20 heavy (non-hydrogen) atoms. The molecule has 0 aliphatic carbocycles. The van der Waals surface area contributed by atoms with Crippen LogP contribution in [0.4, 0.5) is 11.4 Å². The van der Waals surface area contributed by atoms with Crippen molar-refractivity contribution in [2.45, 2.75) is 25.8 Å². The molecule has 1 unspecified atom stereocenters. The van der Waals surface area contributed by atoms with Gasteiger partial charge in [-0.05, 0) is 31.7 Å². The second-order valence-electron chi connectivity index (χ2n) is 5.30. The summed E-state index contributed by atoms with van der Waals surface area (Å²) in [6.07, 6.45) is 2.11. The van der Waals surface area contributed by atoms with E-state index < -0.39 is 4.92 Å². The first-order chi connectivity index (χ1) is 9.52. The van der Waals surface area contributed by atoms with Gasteiger partial charge in [0.25, 0.3) is 0 Å². The minimum atomic E-state index is -0.426. The van der Waals surface area contributed by atoms with Crippen LogP contribution in [0.15, 0.2) is 18.2 Å². The maximum Gasteiger partial charge on any atom is 0.311 e. The number of piperidine rings is 1. The number of hydrogen-bond donors (Lipinski definition) is 1. The second kappa shape index (κ2) is 6.09. The summed E-state index contributed by atoms with van der Waals surface area (Å²) in [5.74, 6) is 0.869. The SMILES string of the molecule is COc1cc(N2CCC(C(C)N)CC2)ccc1[N+](=O)[O-]. The molecule has 1 saturated heterocycles. The molecule has 6 nitrogen and oxygen atoms in total. The Labute approximate surface area is 118 Å². The zero-order valence-corrected chi connectivity index (χ0v) is 11.9. The van der Waals surface area contributed by atoms with Gasteiger partial charge in [0.1, 0.15) is 0 Å². The predicted octanol–water partition coefficient (Wildman–Crippen LogP) is 2.17. The minimum absolute atomic E-state index is 0.00159. The number of nitro groups is 1. The number of nitro benzene ring substituents is 1. The van der Waals surface area contributed by atoms with Gasteiger partial charge in [-0.2, -0.15) is 0 Å². The molecule has 6 heteroatoms. The standard InChI is InChI=1S/C14H21N3O3/c1-10(15)11-5-7-16(8-6-11)12-3-4-13(17(18)19)14(9-12)20-2/h3-4,9-11H,5-8,15H2,1-2H3. The van der Waals surface area contributed by atoms with Gasteiger partial charge in [-0.3, -0.25) is 10.1 Å². The van der Waals surface area contributed by atoms with Crippen LogP contribution >= 0.6 is 0 Å². The molecule has 2 rings (SSSR count). The number of anilines is 1. The molecule has 1 heterocycles. The summed E-state index contributed by atoms with van der Waals surface area (Å²) in [4.78, 5) is 12.7. The van der Waals surface area contributed by atoms with E-state index in [1.54, 1.807) is 12.1 Å². The van der Waals surface area contributed by atoms with E-state index in [0.29, 0.717) is 11.7 Å². The minimum Gasteiger partial charge on any atom is -0.490 e. The summed E-state index contributed by atoms with van der Waals surface area (Å²) < 4.78 is 5.11. The molecule has 1 fully saturated rings. The van der Waals surface area contributed by atoms with E-state index in [9.17, 15) is 10.1 Å². The van der Waals surface area contributed by atoms with E-state index in [4.69, 9.17) is 10.5 Å². The third-order valence-electron chi connectivity index (χ3n) is 4.01. The molecule has 1 aromatic rings. The highest BCUT2D eigenvalue weighted by molar-refractivity contribution is 5.59. The summed E-state index contributed by atoms with van der Waals surface area (Å²) in [6, 6.07) is 5.26. The van der Waals surface area contributed by atoms with Crippen molar-refractivity contribution in [1.29, 1.82) is 0 Å². The van der Waals surface area contributed by atoms with Crippen molar-refractivity contribution in [1.82, 2.24) is 0 Å². The van der Waals surface area contributed by atoms with Gasteiger partial charge < -0.3 is 15.4 Å². The Balaban J connectivity index is 2.12. The molecule has 1 aliphatic rings. The number of rotatable bonds is 4. The molecule has 1 aliphatic heterocycles. The van der Waals surface area contributed by atoms with Crippen LogP contribution in [-0.4, -0.2) is 31.2 Å². The van der Waals surface area contributed by atoms with Crippen LogP contribution in [-0.2, 0) is 0 Å². The van der Waals surface area contributed by atoms with Gasteiger partial charge in [0, 0.05) is 37.0 Å². The van der Waals surface area contributed by atoms with E-state index in [2.05, 4.69) is 11.8 Å². The number of benzene rings is 1. The van der Waals surface area contributed by atoms with Crippen molar-refractivity contribution in [3.8, 4) is 5.75 Å². The topological polar surface area (TPSA) is 81.6 Å². The maximum absolute atomic E-state index is 10.9. The zero-order chi connectivity index (χ0) is 14.7. The van der Waals surface area contributed by atoms with Crippen molar-refractivity contribution < 1.29 is 9.66 Å². The van der Waals surface area contributed by atoms with Crippen molar-refractivity contribution in [3.05, 3.63) is 28.3 Å². The van der Waals surface area contributed by atoms with Crippen molar-refractivity contribution in [2.24, 2.45) is 11.7 Å². The Kier molecular flexibility index (Phi) is 4.44. The van der Waals surface area contributed by atoms with E-state index >= 15 is 0 Å². The molecule has 0 radical (unpaired) electrons. The zero-order valence-electron chi connectivity index (χ0n) is 11.9.